The van der Waals surface area contributed by atoms with Crippen LogP contribution in [-0.4, -0.2) is 56.1 Å². The topological polar surface area (TPSA) is 77.1 Å². The summed E-state index contributed by atoms with van der Waals surface area (Å²) < 4.78 is 17.8. The van der Waals surface area contributed by atoms with E-state index < -0.39 is 0 Å². The molecule has 3 heterocycles. The van der Waals surface area contributed by atoms with Crippen LogP contribution in [0, 0.1) is 11.8 Å². The molecule has 0 radical (unpaired) electrons. The molecule has 1 amide bonds. The number of piperidine rings is 2. The Morgan fingerprint density at radius 1 is 0.844 bits per heavy atom. The van der Waals surface area contributed by atoms with Crippen LogP contribution in [-0.2, 0) is 14.3 Å². The summed E-state index contributed by atoms with van der Waals surface area (Å²) in [4.78, 5) is 27.8. The molecule has 7 heteroatoms. The van der Waals surface area contributed by atoms with Crippen LogP contribution >= 0.6 is 0 Å². The predicted octanol–water partition coefficient (Wildman–Crippen LogP) is 2.52. The quantitative estimate of drug-likeness (QED) is 0.684. The lowest BCUT2D eigenvalue weighted by Gasteiger charge is -2.49. The van der Waals surface area contributed by atoms with E-state index in [0.29, 0.717) is 39.5 Å². The maximum Gasteiger partial charge on any atom is 0.219 e. The zero-order valence-corrected chi connectivity index (χ0v) is 18.2. The number of ether oxygens (including phenoxy) is 3. The van der Waals surface area contributed by atoms with E-state index >= 15 is 0 Å². The molecule has 4 bridgehead atoms. The van der Waals surface area contributed by atoms with Crippen LogP contribution in [0.1, 0.15) is 30.1 Å². The predicted molar refractivity (Wildman–Crippen MR) is 118 cm³/mol. The molecule has 7 nitrogen and oxygen atoms in total. The normalized spacial score (nSPS) is 27.8. The molecule has 1 N–H and O–H groups in total. The molecule has 2 aromatic carbocycles. The number of Topliss-reactive ketones (excluding diaryl/α,β-unsaturated/α-hetero) is 1. The molecular weight excluding hydrogens is 408 g/mol. The van der Waals surface area contributed by atoms with E-state index in [2.05, 4.69) is 5.32 Å². The third kappa shape index (κ3) is 3.87. The van der Waals surface area contributed by atoms with Crippen LogP contribution in [0.15, 0.2) is 48.5 Å². The van der Waals surface area contributed by atoms with Crippen molar-refractivity contribution in [2.24, 2.45) is 11.8 Å². The van der Waals surface area contributed by atoms with Crippen molar-refractivity contribution in [3.05, 3.63) is 59.7 Å². The number of nitrogens with zero attached hydrogens (tertiary/aromatic N) is 1. The molecular formula is C25H28N2O5. The largest absolute Gasteiger partial charge is 0.491 e. The van der Waals surface area contributed by atoms with Crippen molar-refractivity contribution in [1.82, 2.24) is 10.2 Å². The van der Waals surface area contributed by atoms with Gasteiger partial charge in [-0.05, 0) is 12.1 Å². The Hall–Kier alpha value is -2.90. The zero-order valence-electron chi connectivity index (χ0n) is 18.2. The van der Waals surface area contributed by atoms with Gasteiger partial charge in [0.15, 0.2) is 0 Å². The fourth-order valence-corrected chi connectivity index (χ4v) is 5.10. The lowest BCUT2D eigenvalue weighted by atomic mass is 9.71. The third-order valence-corrected chi connectivity index (χ3v) is 6.65. The van der Waals surface area contributed by atoms with Crippen LogP contribution in [0.5, 0.6) is 11.5 Å². The standard InChI is InChI=1S/C25H28N2O5/c1-16(28)27-14-19-23-17-6-2-4-8-21(17)31-12-10-30-11-13-32-22-9-5-3-7-18(22)24(26-23)20(15-27)25(19)29/h2-9,19-20,23-24,26H,10-15H2,1H3. The van der Waals surface area contributed by atoms with Gasteiger partial charge in [-0.2, -0.15) is 0 Å². The minimum absolute atomic E-state index is 0.00692. The SMILES string of the molecule is CC(=O)N1CC2C(=O)C(C1)C1NC2c2ccccc2OCCOCCOc2ccccc21. The fourth-order valence-electron chi connectivity index (χ4n) is 5.10. The van der Waals surface area contributed by atoms with Crippen LogP contribution < -0.4 is 14.8 Å². The third-order valence-electron chi connectivity index (χ3n) is 6.65. The molecule has 2 aromatic rings. The average molecular weight is 437 g/mol. The van der Waals surface area contributed by atoms with E-state index in [4.69, 9.17) is 14.2 Å². The Bertz CT molecular complexity index is 940. The molecule has 4 unspecified atom stereocenters. The van der Waals surface area contributed by atoms with E-state index in [1.807, 2.05) is 53.4 Å². The van der Waals surface area contributed by atoms with E-state index in [-0.39, 0.29) is 35.6 Å². The molecule has 2 saturated heterocycles. The number of ketones is 1. The first-order valence-corrected chi connectivity index (χ1v) is 11.2. The number of amides is 1. The molecule has 0 saturated carbocycles. The summed E-state index contributed by atoms with van der Waals surface area (Å²) in [5.41, 5.74) is 1.85. The van der Waals surface area contributed by atoms with Crippen molar-refractivity contribution in [3.8, 4) is 11.5 Å². The number of hydrogen-bond donors (Lipinski definition) is 1. The highest BCUT2D eigenvalue weighted by Crippen LogP contribution is 2.45. The first kappa shape index (κ1) is 21.0. The summed E-state index contributed by atoms with van der Waals surface area (Å²) in [7, 11) is 0. The lowest BCUT2D eigenvalue weighted by Crippen LogP contribution is -2.60. The molecule has 32 heavy (non-hydrogen) atoms. The summed E-state index contributed by atoms with van der Waals surface area (Å²) in [5.74, 6) is 0.982. The van der Waals surface area contributed by atoms with Gasteiger partial charge < -0.3 is 24.4 Å². The van der Waals surface area contributed by atoms with Gasteiger partial charge in [-0.1, -0.05) is 36.4 Å². The summed E-state index contributed by atoms with van der Waals surface area (Å²) in [5, 5.41) is 3.76. The molecule has 0 aromatic heterocycles. The van der Waals surface area contributed by atoms with Gasteiger partial charge in [-0.3, -0.25) is 9.59 Å². The Morgan fingerprint density at radius 3 is 1.84 bits per heavy atom. The van der Waals surface area contributed by atoms with Gasteiger partial charge in [0.05, 0.1) is 25.0 Å². The van der Waals surface area contributed by atoms with Crippen LogP contribution in [0.2, 0.25) is 0 Å². The second-order valence-electron chi connectivity index (χ2n) is 8.55. The van der Waals surface area contributed by atoms with Gasteiger partial charge in [-0.25, -0.2) is 0 Å². The number of carbonyl (C=O) groups excluding carboxylic acids is 2. The minimum atomic E-state index is -0.337. The average Bonchev–Trinajstić information content (AvgIpc) is 2.79. The summed E-state index contributed by atoms with van der Waals surface area (Å²) in [6, 6.07) is 15.1. The summed E-state index contributed by atoms with van der Waals surface area (Å²) >= 11 is 0. The van der Waals surface area contributed by atoms with Gasteiger partial charge in [0, 0.05) is 43.2 Å². The Balaban J connectivity index is 1.63. The smallest absolute Gasteiger partial charge is 0.219 e. The minimum Gasteiger partial charge on any atom is -0.491 e. The Labute approximate surface area is 187 Å². The van der Waals surface area contributed by atoms with Crippen molar-refractivity contribution in [2.75, 3.05) is 39.5 Å². The zero-order chi connectivity index (χ0) is 22.1. The maximum atomic E-state index is 13.7. The number of hydrogen-bond acceptors (Lipinski definition) is 6. The number of benzene rings is 2. The summed E-state index contributed by atoms with van der Waals surface area (Å²) in [6.07, 6.45) is 0. The highest BCUT2D eigenvalue weighted by molar-refractivity contribution is 5.89. The number of nitrogens with one attached hydrogen (secondary N) is 1. The van der Waals surface area contributed by atoms with Crippen molar-refractivity contribution < 1.29 is 23.8 Å². The first-order valence-electron chi connectivity index (χ1n) is 11.2. The van der Waals surface area contributed by atoms with Crippen LogP contribution in [0.4, 0.5) is 0 Å². The molecule has 168 valence electrons. The fraction of sp³-hybridized carbons (Fsp3) is 0.440. The van der Waals surface area contributed by atoms with Crippen molar-refractivity contribution in [1.29, 1.82) is 0 Å². The van der Waals surface area contributed by atoms with E-state index in [1.165, 1.54) is 0 Å². The Kier molecular flexibility index (Phi) is 5.85. The highest BCUT2D eigenvalue weighted by Gasteiger charge is 2.50. The lowest BCUT2D eigenvalue weighted by molar-refractivity contribution is -0.145. The monoisotopic (exact) mass is 436 g/mol. The molecule has 3 aliphatic heterocycles. The second-order valence-corrected chi connectivity index (χ2v) is 8.55. The van der Waals surface area contributed by atoms with Gasteiger partial charge >= 0.3 is 0 Å². The van der Waals surface area contributed by atoms with E-state index in [1.54, 1.807) is 6.92 Å². The molecule has 4 atom stereocenters. The molecule has 2 fully saturated rings. The second kappa shape index (κ2) is 8.92. The van der Waals surface area contributed by atoms with Crippen molar-refractivity contribution in [2.45, 2.75) is 19.0 Å². The number of carbonyl (C=O) groups is 2. The highest BCUT2D eigenvalue weighted by atomic mass is 16.5. The summed E-state index contributed by atoms with van der Waals surface area (Å²) in [6.45, 7) is 4.10. The molecule has 5 rings (SSSR count). The van der Waals surface area contributed by atoms with Crippen molar-refractivity contribution in [3.63, 3.8) is 0 Å². The number of rotatable bonds is 0. The molecule has 0 spiro atoms. The molecule has 0 aliphatic carbocycles. The van der Waals surface area contributed by atoms with Crippen LogP contribution in [0.3, 0.4) is 0 Å². The number of likely N-dealkylation sites (tertiary alicyclic amines) is 1. The van der Waals surface area contributed by atoms with Gasteiger partial charge in [0.2, 0.25) is 5.91 Å². The van der Waals surface area contributed by atoms with Gasteiger partial charge in [0.25, 0.3) is 0 Å². The van der Waals surface area contributed by atoms with Gasteiger partial charge in [0.1, 0.15) is 30.5 Å². The number of para-hydroxylation sites is 2. The number of fused-ring (bicyclic) bond motifs is 10. The van der Waals surface area contributed by atoms with Gasteiger partial charge in [-0.15, -0.1) is 0 Å². The first-order chi connectivity index (χ1) is 15.6. The van der Waals surface area contributed by atoms with Crippen LogP contribution in [0.25, 0.3) is 0 Å². The maximum absolute atomic E-state index is 13.7. The van der Waals surface area contributed by atoms with Crippen molar-refractivity contribution >= 4 is 11.7 Å². The van der Waals surface area contributed by atoms with E-state index in [9.17, 15) is 9.59 Å². The molecule has 3 aliphatic rings. The van der Waals surface area contributed by atoms with E-state index in [0.717, 1.165) is 22.6 Å². The Morgan fingerprint density at radius 2 is 1.34 bits per heavy atom.